The van der Waals surface area contributed by atoms with Gasteiger partial charge >= 0.3 is 0 Å². The highest BCUT2D eigenvalue weighted by molar-refractivity contribution is 6.00. The number of carbonyl (C=O) groups is 5. The zero-order valence-corrected chi connectivity index (χ0v) is 39.3. The van der Waals surface area contributed by atoms with Crippen molar-refractivity contribution >= 4 is 29.5 Å². The summed E-state index contributed by atoms with van der Waals surface area (Å²) in [5, 5.41) is 31.9. The number of fused-ring (bicyclic) bond motifs is 5. The summed E-state index contributed by atoms with van der Waals surface area (Å²) in [5.41, 5.74) is 22.4. The number of carbonyl (C=O) groups excluding carboxylic acids is 5. The van der Waals surface area contributed by atoms with Crippen molar-refractivity contribution in [1.29, 1.82) is 5.26 Å². The van der Waals surface area contributed by atoms with Crippen LogP contribution in [0.5, 0.6) is 11.5 Å². The highest BCUT2D eigenvalue weighted by Crippen LogP contribution is 2.42. The van der Waals surface area contributed by atoms with Gasteiger partial charge in [-0.15, -0.1) is 0 Å². The van der Waals surface area contributed by atoms with Gasteiger partial charge in [-0.25, -0.2) is 9.97 Å². The fourth-order valence-corrected chi connectivity index (χ4v) is 8.00. The van der Waals surface area contributed by atoms with Gasteiger partial charge in [-0.1, -0.05) is 51.1 Å². The number of nitrogens with two attached hydrogens (primary N) is 3. The van der Waals surface area contributed by atoms with Crippen LogP contribution in [0, 0.1) is 25.2 Å². The van der Waals surface area contributed by atoms with Gasteiger partial charge in [0.1, 0.15) is 48.8 Å². The van der Waals surface area contributed by atoms with Crippen LogP contribution in [0.25, 0.3) is 22.5 Å². The van der Waals surface area contributed by atoms with Gasteiger partial charge < -0.3 is 53.2 Å². The van der Waals surface area contributed by atoms with Gasteiger partial charge in [0.2, 0.25) is 23.6 Å². The monoisotopic (exact) mass is 917 g/mol. The van der Waals surface area contributed by atoms with E-state index in [0.29, 0.717) is 46.1 Å². The van der Waals surface area contributed by atoms with Crippen molar-refractivity contribution in [2.75, 3.05) is 39.8 Å². The molecule has 5 rings (SSSR count). The average molecular weight is 918 g/mol. The number of hydrogen-bond acceptors (Lipinski definition) is 13. The van der Waals surface area contributed by atoms with Crippen molar-refractivity contribution in [2.24, 2.45) is 17.2 Å². The Bertz CT molecular complexity index is 2490. The number of benzene rings is 3. The highest BCUT2D eigenvalue weighted by atomic mass is 16.5. The van der Waals surface area contributed by atoms with Crippen LogP contribution in [0.2, 0.25) is 0 Å². The lowest BCUT2D eigenvalue weighted by Crippen LogP contribution is -2.56. The van der Waals surface area contributed by atoms with E-state index in [-0.39, 0.29) is 79.9 Å². The SMILES string of the molecule is Cc1nc(-c2ccc(C(C)(C)C)cc2)nc(C)c1C(=O)N[C@@H](CCN)C(=O)N(C)[C@@H]1C(=O)N[C@@H](C)C(=O)N[C@H](C(=O)NCC#N)Cc2ccc(OCCN)c(c2)-c2cc1cc(CCCN)c2O. The summed E-state index contributed by atoms with van der Waals surface area (Å²) in [4.78, 5) is 81.3. The molecule has 0 saturated heterocycles. The van der Waals surface area contributed by atoms with Crippen LogP contribution >= 0.6 is 0 Å². The van der Waals surface area contributed by atoms with Crippen molar-refractivity contribution in [3.05, 3.63) is 93.8 Å². The van der Waals surface area contributed by atoms with Crippen molar-refractivity contribution < 1.29 is 33.8 Å². The molecule has 0 fully saturated rings. The minimum absolute atomic E-state index is 0.0197. The van der Waals surface area contributed by atoms with Crippen molar-refractivity contribution in [3.63, 3.8) is 0 Å². The molecule has 18 heteroatoms. The van der Waals surface area contributed by atoms with E-state index in [0.717, 1.165) is 16.0 Å². The van der Waals surface area contributed by atoms with Crippen molar-refractivity contribution in [2.45, 2.75) is 96.8 Å². The van der Waals surface area contributed by atoms with E-state index in [4.69, 9.17) is 21.9 Å². The Morgan fingerprint density at radius 3 is 2.25 bits per heavy atom. The first kappa shape index (κ1) is 51.1. The lowest BCUT2D eigenvalue weighted by atomic mass is 9.86. The van der Waals surface area contributed by atoms with Crippen LogP contribution in [-0.2, 0) is 37.4 Å². The third-order valence-corrected chi connectivity index (χ3v) is 11.6. The first-order valence-electron chi connectivity index (χ1n) is 22.3. The minimum Gasteiger partial charge on any atom is -0.507 e. The van der Waals surface area contributed by atoms with Gasteiger partial charge in [-0.2, -0.15) is 5.26 Å². The molecule has 0 unspecified atom stereocenters. The minimum atomic E-state index is -1.47. The molecule has 3 aromatic carbocycles. The number of aromatic hydroxyl groups is 1. The van der Waals surface area contributed by atoms with E-state index < -0.39 is 53.7 Å². The molecule has 1 aliphatic rings. The number of phenolic OH excluding ortho intramolecular Hbond substituents is 1. The molecule has 11 N–H and O–H groups in total. The number of aryl methyl sites for hydroxylation is 3. The molecule has 4 aromatic rings. The Balaban J connectivity index is 1.60. The lowest BCUT2D eigenvalue weighted by Gasteiger charge is -2.33. The molecular formula is C49H63N11O7. The number of aromatic nitrogens is 2. The first-order chi connectivity index (χ1) is 31.8. The molecule has 67 heavy (non-hydrogen) atoms. The van der Waals surface area contributed by atoms with Gasteiger partial charge in [-0.05, 0) is 105 Å². The van der Waals surface area contributed by atoms with Crippen LogP contribution in [0.1, 0.15) is 90.6 Å². The Morgan fingerprint density at radius 2 is 1.64 bits per heavy atom. The largest absolute Gasteiger partial charge is 0.507 e. The molecule has 356 valence electrons. The standard InChI is InChI=1S/C49H63N11O7/c1-27-40(28(2)56-43(55-27)31-11-13-34(14-12-31)49(4,5)6)46(64)58-37(16-18-51)48(66)60(7)41-33-25-32(9-8-17-50)42(61)36(26-33)35-23-30(10-15-39(35)67-22-20-53)24-38(45(63)54-21-19-52)59-44(62)29(3)57-47(41)65/h10-15,23,25-26,29,37-38,41,61H,8-9,16-18,20-22,24,50-51,53H2,1-7H3,(H,54,63)(H,57,65)(H,58,64)(H,59,62)/t29-,37-,38-,41-/m0/s1. The van der Waals surface area contributed by atoms with E-state index in [9.17, 15) is 34.3 Å². The second-order valence-electron chi connectivity index (χ2n) is 17.7. The summed E-state index contributed by atoms with van der Waals surface area (Å²) in [5.74, 6) is -2.85. The molecule has 18 nitrogen and oxygen atoms in total. The summed E-state index contributed by atoms with van der Waals surface area (Å²) in [6.45, 7) is 11.4. The summed E-state index contributed by atoms with van der Waals surface area (Å²) in [7, 11) is 1.40. The van der Waals surface area contributed by atoms with E-state index in [1.165, 1.54) is 14.0 Å². The molecule has 2 heterocycles. The number of amides is 5. The molecular weight excluding hydrogens is 855 g/mol. The molecule has 0 saturated carbocycles. The maximum Gasteiger partial charge on any atom is 0.255 e. The average Bonchev–Trinajstić information content (AvgIpc) is 3.28. The predicted molar refractivity (Wildman–Crippen MR) is 253 cm³/mol. The number of nitriles is 1. The zero-order chi connectivity index (χ0) is 49.2. The normalized spacial score (nSPS) is 16.6. The number of nitrogens with one attached hydrogen (secondary N) is 4. The fourth-order valence-electron chi connectivity index (χ4n) is 8.00. The third kappa shape index (κ3) is 12.3. The molecule has 4 atom stereocenters. The van der Waals surface area contributed by atoms with Gasteiger partial charge in [0.15, 0.2) is 5.82 Å². The maximum atomic E-state index is 14.8. The van der Waals surface area contributed by atoms with Crippen LogP contribution in [-0.4, -0.2) is 107 Å². The lowest BCUT2D eigenvalue weighted by molar-refractivity contribution is -0.141. The summed E-state index contributed by atoms with van der Waals surface area (Å²) in [6, 6.07) is 12.8. The third-order valence-electron chi connectivity index (χ3n) is 11.6. The molecule has 0 spiro atoms. The topological polar surface area (TPSA) is 294 Å². The van der Waals surface area contributed by atoms with Crippen LogP contribution < -0.4 is 43.2 Å². The molecule has 4 bridgehead atoms. The highest BCUT2D eigenvalue weighted by Gasteiger charge is 2.37. The molecule has 1 aromatic heterocycles. The Labute approximate surface area is 391 Å². The van der Waals surface area contributed by atoms with E-state index in [2.05, 4.69) is 52.0 Å². The number of nitrogens with zero attached hydrogens (tertiary/aromatic N) is 4. The maximum absolute atomic E-state index is 14.8. The van der Waals surface area contributed by atoms with Gasteiger partial charge in [-0.3, -0.25) is 24.0 Å². The first-order valence-corrected chi connectivity index (χ1v) is 22.3. The van der Waals surface area contributed by atoms with Crippen LogP contribution in [0.3, 0.4) is 0 Å². The van der Waals surface area contributed by atoms with Crippen LogP contribution in [0.15, 0.2) is 54.6 Å². The van der Waals surface area contributed by atoms with Gasteiger partial charge in [0.05, 0.1) is 23.0 Å². The smallest absolute Gasteiger partial charge is 0.255 e. The second-order valence-corrected chi connectivity index (χ2v) is 17.7. The van der Waals surface area contributed by atoms with Crippen LogP contribution in [0.4, 0.5) is 0 Å². The van der Waals surface area contributed by atoms with E-state index in [1.54, 1.807) is 44.2 Å². The number of phenols is 1. The fraction of sp³-hybridized carbons (Fsp3) is 0.429. The Morgan fingerprint density at radius 1 is 0.955 bits per heavy atom. The van der Waals surface area contributed by atoms with Gasteiger partial charge in [0.25, 0.3) is 5.91 Å². The predicted octanol–water partition coefficient (Wildman–Crippen LogP) is 2.49. The van der Waals surface area contributed by atoms with E-state index >= 15 is 0 Å². The summed E-state index contributed by atoms with van der Waals surface area (Å²) < 4.78 is 6.05. The second kappa shape index (κ2) is 22.5. The number of likely N-dealkylation sites (N-methyl/N-ethyl adjacent to an activating group) is 1. The summed E-state index contributed by atoms with van der Waals surface area (Å²) in [6.07, 6.45) is 0.670. The van der Waals surface area contributed by atoms with Gasteiger partial charge in [0, 0.05) is 36.7 Å². The molecule has 0 radical (unpaired) electrons. The molecule has 0 aliphatic carbocycles. The number of hydrogen-bond donors (Lipinski definition) is 8. The summed E-state index contributed by atoms with van der Waals surface area (Å²) >= 11 is 0. The number of ether oxygens (including phenoxy) is 1. The molecule has 1 aliphatic heterocycles. The quantitative estimate of drug-likeness (QED) is 0.0797. The van der Waals surface area contributed by atoms with Crippen molar-refractivity contribution in [3.8, 4) is 40.1 Å². The Hall–Kier alpha value is -6.94. The van der Waals surface area contributed by atoms with Crippen molar-refractivity contribution in [1.82, 2.24) is 36.1 Å². The zero-order valence-electron chi connectivity index (χ0n) is 39.3. The van der Waals surface area contributed by atoms with E-state index in [1.807, 2.05) is 30.3 Å². The Kier molecular flexibility index (Phi) is 17.1. The molecule has 5 amide bonds. The number of rotatable bonds is 15.